The monoisotopic (exact) mass is 400 g/mol. The highest BCUT2D eigenvalue weighted by atomic mass is 16.5. The van der Waals surface area contributed by atoms with Crippen LogP contribution in [0.3, 0.4) is 0 Å². The summed E-state index contributed by atoms with van der Waals surface area (Å²) in [4.78, 5) is 11.8. The number of hydrogen-bond donors (Lipinski definition) is 1. The topological polar surface area (TPSA) is 46.5 Å². The maximum Gasteiger partial charge on any atom is 0.333 e. The molecule has 0 aliphatic carbocycles. The quantitative estimate of drug-likeness (QED) is 0.388. The van der Waals surface area contributed by atoms with Crippen LogP contribution in [0.4, 0.5) is 0 Å². The normalized spacial score (nSPS) is 10.6. The SMILES string of the molecule is C=C(C)C(=O)OCc1cc(-c2ccc(-c3ccccc3)c(CC)c2)ccc1CCO. The van der Waals surface area contributed by atoms with E-state index in [0.29, 0.717) is 12.0 Å². The van der Waals surface area contributed by atoms with Crippen LogP contribution in [-0.2, 0) is 29.0 Å². The zero-order valence-corrected chi connectivity index (χ0v) is 17.7. The van der Waals surface area contributed by atoms with Crippen molar-refractivity contribution in [2.24, 2.45) is 0 Å². The average Bonchev–Trinajstić information content (AvgIpc) is 2.78. The van der Waals surface area contributed by atoms with E-state index in [-0.39, 0.29) is 13.2 Å². The molecule has 0 saturated heterocycles. The van der Waals surface area contributed by atoms with Gasteiger partial charge in [-0.25, -0.2) is 4.79 Å². The van der Waals surface area contributed by atoms with Gasteiger partial charge in [0.2, 0.25) is 0 Å². The Balaban J connectivity index is 1.95. The van der Waals surface area contributed by atoms with Gasteiger partial charge in [0, 0.05) is 12.2 Å². The van der Waals surface area contributed by atoms with Crippen molar-refractivity contribution < 1.29 is 14.6 Å². The van der Waals surface area contributed by atoms with E-state index in [0.717, 1.165) is 28.7 Å². The lowest BCUT2D eigenvalue weighted by Crippen LogP contribution is -2.07. The average molecular weight is 401 g/mol. The minimum Gasteiger partial charge on any atom is -0.457 e. The van der Waals surface area contributed by atoms with Gasteiger partial charge in [-0.2, -0.15) is 0 Å². The number of hydrogen-bond acceptors (Lipinski definition) is 3. The summed E-state index contributed by atoms with van der Waals surface area (Å²) in [5.41, 5.74) is 8.18. The van der Waals surface area contributed by atoms with Gasteiger partial charge in [-0.05, 0) is 64.8 Å². The van der Waals surface area contributed by atoms with E-state index in [1.54, 1.807) is 6.92 Å². The predicted molar refractivity (Wildman–Crippen MR) is 122 cm³/mol. The Morgan fingerprint density at radius 3 is 2.20 bits per heavy atom. The molecule has 3 aromatic carbocycles. The van der Waals surface area contributed by atoms with Crippen LogP contribution in [0.25, 0.3) is 22.3 Å². The van der Waals surface area contributed by atoms with Crippen LogP contribution >= 0.6 is 0 Å². The molecule has 30 heavy (non-hydrogen) atoms. The summed E-state index contributed by atoms with van der Waals surface area (Å²) in [6, 6.07) is 23.1. The lowest BCUT2D eigenvalue weighted by molar-refractivity contribution is -0.140. The maximum atomic E-state index is 11.8. The highest BCUT2D eigenvalue weighted by Gasteiger charge is 2.11. The second-order valence-corrected chi connectivity index (χ2v) is 7.41. The molecule has 3 nitrogen and oxygen atoms in total. The van der Waals surface area contributed by atoms with Gasteiger partial charge in [-0.3, -0.25) is 0 Å². The van der Waals surface area contributed by atoms with Crippen LogP contribution in [0.5, 0.6) is 0 Å². The van der Waals surface area contributed by atoms with Crippen LogP contribution in [0.15, 0.2) is 78.9 Å². The van der Waals surface area contributed by atoms with E-state index in [2.05, 4.69) is 62.0 Å². The predicted octanol–water partition coefficient (Wildman–Crippen LogP) is 5.74. The third kappa shape index (κ3) is 5.05. The lowest BCUT2D eigenvalue weighted by atomic mass is 9.92. The summed E-state index contributed by atoms with van der Waals surface area (Å²) in [7, 11) is 0. The fraction of sp³-hybridized carbons (Fsp3) is 0.222. The van der Waals surface area contributed by atoms with E-state index >= 15 is 0 Å². The summed E-state index contributed by atoms with van der Waals surface area (Å²) in [5.74, 6) is -0.407. The summed E-state index contributed by atoms with van der Waals surface area (Å²) < 4.78 is 5.37. The Kier molecular flexibility index (Phi) is 7.21. The van der Waals surface area contributed by atoms with Crippen molar-refractivity contribution >= 4 is 5.97 Å². The number of esters is 1. The number of rotatable bonds is 8. The standard InChI is InChI=1S/C27H28O3/c1-4-20-16-24(12-13-26(20)22-8-6-5-7-9-22)23-11-10-21(14-15-28)25(17-23)18-30-27(29)19(2)3/h5-13,16-17,28H,2,4,14-15,18H2,1,3H3. The number of carbonyl (C=O) groups is 1. The molecule has 0 aliphatic rings. The summed E-state index contributed by atoms with van der Waals surface area (Å²) in [5, 5.41) is 9.38. The molecule has 3 aromatic rings. The van der Waals surface area contributed by atoms with Gasteiger partial charge < -0.3 is 9.84 Å². The molecule has 0 amide bonds. The summed E-state index contributed by atoms with van der Waals surface area (Å²) >= 11 is 0. The highest BCUT2D eigenvalue weighted by Crippen LogP contribution is 2.30. The van der Waals surface area contributed by atoms with Crippen molar-refractivity contribution in [3.8, 4) is 22.3 Å². The number of aliphatic hydroxyl groups is 1. The van der Waals surface area contributed by atoms with Gasteiger partial charge in [0.05, 0.1) is 0 Å². The molecule has 0 spiro atoms. The van der Waals surface area contributed by atoms with Gasteiger partial charge in [0.1, 0.15) is 6.61 Å². The summed E-state index contributed by atoms with van der Waals surface area (Å²) in [6.45, 7) is 7.64. The molecule has 0 aliphatic heterocycles. The number of carbonyl (C=O) groups excluding carboxylic acids is 1. The Hall–Kier alpha value is -3.17. The van der Waals surface area contributed by atoms with E-state index in [9.17, 15) is 9.90 Å². The Morgan fingerprint density at radius 1 is 0.900 bits per heavy atom. The van der Waals surface area contributed by atoms with Gasteiger partial charge in [-0.1, -0.05) is 74.2 Å². The molecule has 3 rings (SSSR count). The first-order valence-corrected chi connectivity index (χ1v) is 10.3. The zero-order valence-electron chi connectivity index (χ0n) is 17.7. The van der Waals surface area contributed by atoms with E-state index in [1.165, 1.54) is 16.7 Å². The molecule has 0 radical (unpaired) electrons. The van der Waals surface area contributed by atoms with Crippen LogP contribution < -0.4 is 0 Å². The minimum absolute atomic E-state index is 0.0481. The first-order valence-electron chi connectivity index (χ1n) is 10.3. The third-order valence-electron chi connectivity index (χ3n) is 5.20. The van der Waals surface area contributed by atoms with Crippen molar-refractivity contribution in [3.05, 3.63) is 95.6 Å². The largest absolute Gasteiger partial charge is 0.457 e. The van der Waals surface area contributed by atoms with Crippen LogP contribution in [-0.4, -0.2) is 17.7 Å². The number of aryl methyl sites for hydroxylation is 1. The fourth-order valence-electron chi connectivity index (χ4n) is 3.54. The zero-order chi connectivity index (χ0) is 21.5. The van der Waals surface area contributed by atoms with Crippen molar-refractivity contribution in [2.45, 2.75) is 33.3 Å². The Morgan fingerprint density at radius 2 is 1.57 bits per heavy atom. The smallest absolute Gasteiger partial charge is 0.333 e. The molecular formula is C27H28O3. The molecular weight excluding hydrogens is 372 g/mol. The number of aliphatic hydroxyl groups excluding tert-OH is 1. The van der Waals surface area contributed by atoms with E-state index < -0.39 is 5.97 Å². The molecule has 0 bridgehead atoms. The number of benzene rings is 3. The molecule has 0 saturated carbocycles. The Bertz CT molecular complexity index is 1040. The third-order valence-corrected chi connectivity index (χ3v) is 5.20. The first-order chi connectivity index (χ1) is 14.5. The highest BCUT2D eigenvalue weighted by molar-refractivity contribution is 5.87. The van der Waals surface area contributed by atoms with E-state index in [4.69, 9.17) is 4.74 Å². The Labute approximate surface area is 178 Å². The molecule has 1 N–H and O–H groups in total. The van der Waals surface area contributed by atoms with Crippen molar-refractivity contribution in [3.63, 3.8) is 0 Å². The second-order valence-electron chi connectivity index (χ2n) is 7.41. The van der Waals surface area contributed by atoms with Crippen molar-refractivity contribution in [1.29, 1.82) is 0 Å². The molecule has 0 unspecified atom stereocenters. The van der Waals surface area contributed by atoms with Gasteiger partial charge in [0.25, 0.3) is 0 Å². The molecule has 0 fully saturated rings. The van der Waals surface area contributed by atoms with Gasteiger partial charge >= 0.3 is 5.97 Å². The second kappa shape index (κ2) is 10.0. The molecule has 0 aromatic heterocycles. The molecule has 154 valence electrons. The maximum absolute atomic E-state index is 11.8. The van der Waals surface area contributed by atoms with E-state index in [1.807, 2.05) is 18.2 Å². The fourth-order valence-corrected chi connectivity index (χ4v) is 3.54. The van der Waals surface area contributed by atoms with Gasteiger partial charge in [0.15, 0.2) is 0 Å². The van der Waals surface area contributed by atoms with Gasteiger partial charge in [-0.15, -0.1) is 0 Å². The lowest BCUT2D eigenvalue weighted by Gasteiger charge is -2.14. The minimum atomic E-state index is -0.407. The van der Waals surface area contributed by atoms with Crippen LogP contribution in [0.1, 0.15) is 30.5 Å². The van der Waals surface area contributed by atoms with Crippen molar-refractivity contribution in [1.82, 2.24) is 0 Å². The van der Waals surface area contributed by atoms with Crippen LogP contribution in [0, 0.1) is 0 Å². The summed E-state index contributed by atoms with van der Waals surface area (Å²) in [6.07, 6.45) is 1.46. The molecule has 0 heterocycles. The molecule has 0 atom stereocenters. The first kappa shape index (κ1) is 21.5. The molecule has 3 heteroatoms. The van der Waals surface area contributed by atoms with Crippen LogP contribution in [0.2, 0.25) is 0 Å². The number of ether oxygens (including phenoxy) is 1. The van der Waals surface area contributed by atoms with Crippen molar-refractivity contribution in [2.75, 3.05) is 6.61 Å².